The smallest absolute Gasteiger partial charge is 0.387 e. The summed E-state index contributed by atoms with van der Waals surface area (Å²) in [5.74, 6) is 0. The highest BCUT2D eigenvalue weighted by Crippen LogP contribution is 2.28. The second-order valence-corrected chi connectivity index (χ2v) is 4.86. The molecule has 0 spiro atoms. The van der Waals surface area contributed by atoms with Gasteiger partial charge in [-0.2, -0.15) is 13.2 Å². The zero-order valence-electron chi connectivity index (χ0n) is 8.13. The zero-order valence-corrected chi connectivity index (χ0v) is 9.70. The maximum Gasteiger partial charge on any atom is 0.411 e. The molecule has 2 nitrogen and oxygen atoms in total. The molecule has 0 aliphatic heterocycles. The number of alkyl halides is 3. The van der Waals surface area contributed by atoms with Gasteiger partial charge in [0.2, 0.25) is 0 Å². The number of aliphatic hydroxyl groups is 1. The van der Waals surface area contributed by atoms with Gasteiger partial charge in [0.25, 0.3) is 0 Å². The molecule has 1 N–H and O–H groups in total. The molecule has 1 unspecified atom stereocenters. The Bertz CT molecular complexity index is 327. The first-order valence-electron chi connectivity index (χ1n) is 4.46. The van der Waals surface area contributed by atoms with Crippen molar-refractivity contribution in [1.82, 2.24) is 0 Å². The molecule has 0 saturated heterocycles. The van der Waals surface area contributed by atoms with Gasteiger partial charge in [-0.15, -0.1) is 11.3 Å². The van der Waals surface area contributed by atoms with Crippen LogP contribution in [-0.4, -0.2) is 24.5 Å². The molecule has 1 aromatic rings. The van der Waals surface area contributed by atoms with E-state index in [1.54, 1.807) is 12.1 Å². The van der Waals surface area contributed by atoms with Crippen molar-refractivity contribution in [2.75, 3.05) is 13.2 Å². The van der Waals surface area contributed by atoms with Crippen LogP contribution in [0.2, 0.25) is 4.34 Å². The summed E-state index contributed by atoms with van der Waals surface area (Å²) in [6.45, 7) is -1.43. The molecule has 1 aromatic heterocycles. The highest BCUT2D eigenvalue weighted by molar-refractivity contribution is 7.16. The third kappa shape index (κ3) is 5.16. The first-order chi connectivity index (χ1) is 7.38. The summed E-state index contributed by atoms with van der Waals surface area (Å²) >= 11 is 6.85. The molecular weight excluding hydrogens is 265 g/mol. The highest BCUT2D eigenvalue weighted by atomic mass is 35.5. The van der Waals surface area contributed by atoms with E-state index in [2.05, 4.69) is 4.74 Å². The van der Waals surface area contributed by atoms with Crippen molar-refractivity contribution in [3.63, 3.8) is 0 Å². The average Bonchev–Trinajstić information content (AvgIpc) is 2.57. The van der Waals surface area contributed by atoms with Gasteiger partial charge in [-0.05, 0) is 12.1 Å². The number of rotatable bonds is 5. The van der Waals surface area contributed by atoms with Crippen LogP contribution in [0.25, 0.3) is 0 Å². The molecule has 0 fully saturated rings. The summed E-state index contributed by atoms with van der Waals surface area (Å²) in [4.78, 5) is 0.626. The molecule has 0 aliphatic rings. The fourth-order valence-corrected chi connectivity index (χ4v) is 2.11. The Balaban J connectivity index is 2.23. The second kappa shape index (κ2) is 5.86. The Hall–Kier alpha value is -0.300. The van der Waals surface area contributed by atoms with Crippen LogP contribution in [-0.2, 0) is 4.74 Å². The lowest BCUT2D eigenvalue weighted by Gasteiger charge is -2.10. The van der Waals surface area contributed by atoms with Crippen LogP contribution in [0.1, 0.15) is 17.4 Å². The SMILES string of the molecule is OC(CCOCC(F)(F)F)c1ccc(Cl)s1. The Morgan fingerprint density at radius 3 is 2.62 bits per heavy atom. The van der Waals surface area contributed by atoms with Gasteiger partial charge in [0.1, 0.15) is 6.61 Å². The third-order valence-corrected chi connectivity index (χ3v) is 3.06. The van der Waals surface area contributed by atoms with E-state index in [1.165, 1.54) is 11.3 Å². The van der Waals surface area contributed by atoms with Crippen LogP contribution < -0.4 is 0 Å². The zero-order chi connectivity index (χ0) is 12.2. The molecule has 0 amide bonds. The molecule has 1 heterocycles. The predicted molar refractivity (Wildman–Crippen MR) is 55.8 cm³/mol. The van der Waals surface area contributed by atoms with Crippen molar-refractivity contribution in [2.45, 2.75) is 18.7 Å². The topological polar surface area (TPSA) is 29.5 Å². The summed E-state index contributed by atoms with van der Waals surface area (Å²) in [6, 6.07) is 3.27. The second-order valence-electron chi connectivity index (χ2n) is 3.11. The number of hydrogen-bond acceptors (Lipinski definition) is 3. The Kier molecular flexibility index (Phi) is 5.04. The molecule has 92 valence electrons. The first-order valence-corrected chi connectivity index (χ1v) is 5.66. The number of aliphatic hydroxyl groups excluding tert-OH is 1. The van der Waals surface area contributed by atoms with E-state index in [4.69, 9.17) is 11.6 Å². The van der Waals surface area contributed by atoms with Crippen molar-refractivity contribution >= 4 is 22.9 Å². The quantitative estimate of drug-likeness (QED) is 0.834. The fourth-order valence-electron chi connectivity index (χ4n) is 1.03. The summed E-state index contributed by atoms with van der Waals surface area (Å²) in [5, 5.41) is 9.55. The van der Waals surface area contributed by atoms with E-state index in [0.717, 1.165) is 0 Å². The van der Waals surface area contributed by atoms with Crippen LogP contribution in [0, 0.1) is 0 Å². The van der Waals surface area contributed by atoms with Crippen LogP contribution in [0.3, 0.4) is 0 Å². The molecule has 7 heteroatoms. The molecule has 0 aromatic carbocycles. The van der Waals surface area contributed by atoms with E-state index in [9.17, 15) is 18.3 Å². The van der Waals surface area contributed by atoms with E-state index >= 15 is 0 Å². The summed E-state index contributed by atoms with van der Waals surface area (Å²) < 4.78 is 40.0. The first kappa shape index (κ1) is 13.8. The van der Waals surface area contributed by atoms with Crippen LogP contribution >= 0.6 is 22.9 Å². The normalized spacial score (nSPS) is 14.1. The predicted octanol–water partition coefficient (Wildman–Crippen LogP) is 3.40. The van der Waals surface area contributed by atoms with Gasteiger partial charge in [0, 0.05) is 17.9 Å². The third-order valence-electron chi connectivity index (χ3n) is 1.72. The molecule has 0 bridgehead atoms. The van der Waals surface area contributed by atoms with Gasteiger partial charge in [0.05, 0.1) is 10.4 Å². The standard InChI is InChI=1S/C9H10ClF3O2S/c10-8-2-1-7(16-8)6(14)3-4-15-5-9(11,12)13/h1-2,6,14H,3-5H2. The Morgan fingerprint density at radius 2 is 2.12 bits per heavy atom. The molecular formula is C9H10ClF3O2S. The molecule has 0 saturated carbocycles. The van der Waals surface area contributed by atoms with Gasteiger partial charge in [0.15, 0.2) is 0 Å². The number of thiophene rings is 1. The van der Waals surface area contributed by atoms with Crippen molar-refractivity contribution in [2.24, 2.45) is 0 Å². The summed E-state index contributed by atoms with van der Waals surface area (Å²) in [5.41, 5.74) is 0. The molecule has 0 aliphatic carbocycles. The van der Waals surface area contributed by atoms with Crippen LogP contribution in [0.4, 0.5) is 13.2 Å². The fraction of sp³-hybridized carbons (Fsp3) is 0.556. The lowest BCUT2D eigenvalue weighted by Crippen LogP contribution is -2.18. The van der Waals surface area contributed by atoms with Crippen molar-refractivity contribution in [1.29, 1.82) is 0 Å². The largest absolute Gasteiger partial charge is 0.411 e. The highest BCUT2D eigenvalue weighted by Gasteiger charge is 2.27. The van der Waals surface area contributed by atoms with Gasteiger partial charge in [-0.3, -0.25) is 0 Å². The minimum Gasteiger partial charge on any atom is -0.387 e. The van der Waals surface area contributed by atoms with Gasteiger partial charge in [-0.25, -0.2) is 0 Å². The van der Waals surface area contributed by atoms with E-state index in [-0.39, 0.29) is 13.0 Å². The summed E-state index contributed by atoms with van der Waals surface area (Å²) in [6.07, 6.45) is -5.03. The minimum atomic E-state index is -4.32. The molecule has 0 radical (unpaired) electrons. The molecule has 16 heavy (non-hydrogen) atoms. The van der Waals surface area contributed by atoms with E-state index in [0.29, 0.717) is 9.21 Å². The van der Waals surface area contributed by atoms with Crippen LogP contribution in [0.5, 0.6) is 0 Å². The van der Waals surface area contributed by atoms with Crippen molar-refractivity contribution < 1.29 is 23.0 Å². The lowest BCUT2D eigenvalue weighted by atomic mass is 10.2. The molecule has 1 rings (SSSR count). The Labute approximate surface area is 99.6 Å². The van der Waals surface area contributed by atoms with Crippen LogP contribution in [0.15, 0.2) is 12.1 Å². The maximum absolute atomic E-state index is 11.7. The Morgan fingerprint density at radius 1 is 1.44 bits per heavy atom. The van der Waals surface area contributed by atoms with E-state index in [1.807, 2.05) is 0 Å². The number of hydrogen-bond donors (Lipinski definition) is 1. The lowest BCUT2D eigenvalue weighted by molar-refractivity contribution is -0.175. The summed E-state index contributed by atoms with van der Waals surface area (Å²) in [7, 11) is 0. The maximum atomic E-state index is 11.7. The van der Waals surface area contributed by atoms with Gasteiger partial charge < -0.3 is 9.84 Å². The molecule has 1 atom stereocenters. The monoisotopic (exact) mass is 274 g/mol. The number of ether oxygens (including phenoxy) is 1. The van der Waals surface area contributed by atoms with Gasteiger partial charge in [-0.1, -0.05) is 11.6 Å². The van der Waals surface area contributed by atoms with Crippen molar-refractivity contribution in [3.05, 3.63) is 21.3 Å². The number of halogens is 4. The van der Waals surface area contributed by atoms with Crippen molar-refractivity contribution in [3.8, 4) is 0 Å². The minimum absolute atomic E-state index is 0.118. The average molecular weight is 275 g/mol. The van der Waals surface area contributed by atoms with E-state index < -0.39 is 18.9 Å². The van der Waals surface area contributed by atoms with Gasteiger partial charge >= 0.3 is 6.18 Å².